The van der Waals surface area contributed by atoms with Crippen LogP contribution in [0.4, 0.5) is 4.79 Å². The Hall–Kier alpha value is -2.20. The van der Waals surface area contributed by atoms with Crippen molar-refractivity contribution in [3.8, 4) is 0 Å². The summed E-state index contributed by atoms with van der Waals surface area (Å²) in [5.41, 5.74) is 3.80. The third kappa shape index (κ3) is 8.12. The molecule has 0 saturated carbocycles. The number of aliphatic carboxylic acids is 2. The van der Waals surface area contributed by atoms with Gasteiger partial charge in [-0.05, 0) is 32.2 Å². The Labute approximate surface area is 133 Å². The van der Waals surface area contributed by atoms with E-state index >= 15 is 0 Å². The highest BCUT2D eigenvalue weighted by Crippen LogP contribution is 2.11. The number of nitrogens with one attached hydrogen (secondary N) is 2. The Balaban J connectivity index is 4.73. The zero-order valence-electron chi connectivity index (χ0n) is 12.7. The predicted molar refractivity (Wildman–Crippen MR) is 78.7 cm³/mol. The van der Waals surface area contributed by atoms with Crippen LogP contribution in [0.25, 0.3) is 0 Å². The Bertz CT molecular complexity index is 430. The summed E-state index contributed by atoms with van der Waals surface area (Å²) in [6, 6.07) is -2.39. The Kier molecular flexibility index (Phi) is 9.51. The Morgan fingerprint density at radius 2 is 1.87 bits per heavy atom. The summed E-state index contributed by atoms with van der Waals surface area (Å²) >= 11 is 0. The summed E-state index contributed by atoms with van der Waals surface area (Å²) in [7, 11) is 0. The topological polar surface area (TPSA) is 179 Å². The quantitative estimate of drug-likeness (QED) is 0.187. The van der Waals surface area contributed by atoms with E-state index < -0.39 is 42.6 Å². The zero-order valence-corrected chi connectivity index (χ0v) is 12.7. The molecule has 0 aliphatic rings. The van der Waals surface area contributed by atoms with E-state index in [1.807, 2.05) is 0 Å². The number of aldehydes is 1. The number of hydrogen-bond donors (Lipinski definition) is 6. The highest BCUT2D eigenvalue weighted by molar-refractivity contribution is 5.85. The molecule has 0 aromatic heterocycles. The minimum atomic E-state index is -1.53. The van der Waals surface area contributed by atoms with Crippen molar-refractivity contribution in [2.75, 3.05) is 13.2 Å². The van der Waals surface area contributed by atoms with Crippen LogP contribution in [0.5, 0.6) is 0 Å². The minimum absolute atomic E-state index is 0.143. The molecular weight excluding hydrogens is 310 g/mol. The molecule has 0 aliphatic heterocycles. The fourth-order valence-corrected chi connectivity index (χ4v) is 1.84. The average molecular weight is 333 g/mol. The number of aliphatic hydroxyl groups is 1. The molecule has 0 unspecified atom stereocenters. The van der Waals surface area contributed by atoms with Crippen molar-refractivity contribution in [1.29, 1.82) is 0 Å². The van der Waals surface area contributed by atoms with E-state index in [0.29, 0.717) is 25.7 Å². The van der Waals surface area contributed by atoms with Crippen LogP contribution in [0.1, 0.15) is 32.1 Å². The predicted octanol–water partition coefficient (Wildman–Crippen LogP) is -1.34. The second-order valence-corrected chi connectivity index (χ2v) is 5.10. The number of unbranched alkanes of at least 4 members (excludes halogenated alkanes) is 1. The van der Waals surface area contributed by atoms with E-state index in [2.05, 4.69) is 10.6 Å². The number of carbonyl (C=O) groups is 4. The second-order valence-electron chi connectivity index (χ2n) is 5.10. The van der Waals surface area contributed by atoms with Crippen LogP contribution in [0.2, 0.25) is 0 Å². The van der Waals surface area contributed by atoms with Crippen LogP contribution in [0.3, 0.4) is 0 Å². The van der Waals surface area contributed by atoms with Gasteiger partial charge in [0, 0.05) is 6.42 Å². The normalized spacial score (nSPS) is 14.3. The van der Waals surface area contributed by atoms with Gasteiger partial charge in [0.2, 0.25) is 0 Å². The van der Waals surface area contributed by atoms with Crippen LogP contribution in [-0.4, -0.2) is 64.3 Å². The first-order valence-electron chi connectivity index (χ1n) is 7.10. The first-order valence-corrected chi connectivity index (χ1v) is 7.10. The lowest BCUT2D eigenvalue weighted by atomic mass is 9.95. The maximum atomic E-state index is 11.8. The Morgan fingerprint density at radius 1 is 1.22 bits per heavy atom. The number of rotatable bonds is 12. The number of carbonyl (C=O) groups excluding carboxylic acids is 2. The number of aliphatic hydroxyl groups excluding tert-OH is 1. The second kappa shape index (κ2) is 10.5. The molecule has 0 aliphatic carbocycles. The molecule has 132 valence electrons. The molecule has 0 bridgehead atoms. The minimum Gasteiger partial charge on any atom is -0.481 e. The monoisotopic (exact) mass is 333 g/mol. The van der Waals surface area contributed by atoms with Gasteiger partial charge in [0.25, 0.3) is 0 Å². The van der Waals surface area contributed by atoms with Gasteiger partial charge >= 0.3 is 18.0 Å². The van der Waals surface area contributed by atoms with Crippen LogP contribution < -0.4 is 16.4 Å². The molecule has 0 radical (unpaired) electrons. The van der Waals surface area contributed by atoms with Crippen molar-refractivity contribution in [3.63, 3.8) is 0 Å². The summed E-state index contributed by atoms with van der Waals surface area (Å²) in [6.07, 6.45) is 0.859. The molecule has 0 aromatic rings. The average Bonchev–Trinajstić information content (AvgIpc) is 2.50. The molecule has 0 fully saturated rings. The summed E-state index contributed by atoms with van der Waals surface area (Å²) in [5.74, 6) is -2.59. The van der Waals surface area contributed by atoms with E-state index in [4.69, 9.17) is 15.9 Å². The number of hydrogen-bond acceptors (Lipinski definition) is 6. The molecule has 2 amide bonds. The van der Waals surface area contributed by atoms with Crippen molar-refractivity contribution >= 4 is 24.3 Å². The summed E-state index contributed by atoms with van der Waals surface area (Å²) < 4.78 is 0. The molecular formula is C13H23N3O7. The SMILES string of the molecule is NCCCC[C@](C=O)(CO)NC(=O)N[C@@H](CCC(=O)O)C(=O)O. The van der Waals surface area contributed by atoms with Gasteiger partial charge in [-0.1, -0.05) is 0 Å². The van der Waals surface area contributed by atoms with E-state index in [0.717, 1.165) is 0 Å². The van der Waals surface area contributed by atoms with Gasteiger partial charge in [0.1, 0.15) is 17.9 Å². The molecule has 0 spiro atoms. The van der Waals surface area contributed by atoms with Crippen LogP contribution in [0.15, 0.2) is 0 Å². The largest absolute Gasteiger partial charge is 0.481 e. The zero-order chi connectivity index (χ0) is 17.9. The smallest absolute Gasteiger partial charge is 0.326 e. The molecule has 10 nitrogen and oxygen atoms in total. The van der Waals surface area contributed by atoms with Crippen molar-refractivity contribution in [2.45, 2.75) is 43.7 Å². The summed E-state index contributed by atoms with van der Waals surface area (Å²) in [4.78, 5) is 44.5. The molecule has 0 saturated heterocycles. The molecule has 7 N–H and O–H groups in total. The van der Waals surface area contributed by atoms with Crippen LogP contribution >= 0.6 is 0 Å². The van der Waals surface area contributed by atoms with E-state index in [9.17, 15) is 24.3 Å². The van der Waals surface area contributed by atoms with Crippen molar-refractivity contribution in [3.05, 3.63) is 0 Å². The van der Waals surface area contributed by atoms with Crippen molar-refractivity contribution < 1.29 is 34.5 Å². The summed E-state index contributed by atoms with van der Waals surface area (Å²) in [6.45, 7) is -0.260. The van der Waals surface area contributed by atoms with Gasteiger partial charge in [-0.15, -0.1) is 0 Å². The molecule has 10 heteroatoms. The van der Waals surface area contributed by atoms with E-state index in [1.165, 1.54) is 0 Å². The van der Waals surface area contributed by atoms with Crippen LogP contribution in [-0.2, 0) is 14.4 Å². The lowest BCUT2D eigenvalue weighted by molar-refractivity contribution is -0.140. The highest BCUT2D eigenvalue weighted by Gasteiger charge is 2.32. The van der Waals surface area contributed by atoms with Crippen molar-refractivity contribution in [2.24, 2.45) is 5.73 Å². The maximum absolute atomic E-state index is 11.8. The number of urea groups is 1. The molecule has 0 aromatic carbocycles. The maximum Gasteiger partial charge on any atom is 0.326 e. The molecule has 0 rings (SSSR count). The van der Waals surface area contributed by atoms with Gasteiger partial charge in [-0.2, -0.15) is 0 Å². The van der Waals surface area contributed by atoms with Gasteiger partial charge < -0.3 is 36.5 Å². The number of carboxylic acid groups (broad SMARTS) is 2. The number of amides is 2. The van der Waals surface area contributed by atoms with E-state index in [1.54, 1.807) is 0 Å². The standard InChI is InChI=1S/C13H23N3O7/c14-6-2-1-5-13(7-17,8-18)16-12(23)15-9(11(21)22)3-4-10(19)20/h7,9,18H,1-6,8,14H2,(H,19,20)(H,21,22)(H2,15,16,23)/t9-,13-/m0/s1. The third-order valence-electron chi connectivity index (χ3n) is 3.20. The molecule has 0 heterocycles. The van der Waals surface area contributed by atoms with Crippen LogP contribution in [0, 0.1) is 0 Å². The van der Waals surface area contributed by atoms with Gasteiger partial charge in [-0.3, -0.25) is 4.79 Å². The third-order valence-corrected chi connectivity index (χ3v) is 3.20. The summed E-state index contributed by atoms with van der Waals surface area (Å²) in [5, 5.41) is 31.2. The van der Waals surface area contributed by atoms with Crippen molar-refractivity contribution in [1.82, 2.24) is 10.6 Å². The fraction of sp³-hybridized carbons (Fsp3) is 0.692. The Morgan fingerprint density at radius 3 is 2.30 bits per heavy atom. The van der Waals surface area contributed by atoms with Gasteiger partial charge in [0.05, 0.1) is 6.61 Å². The first kappa shape index (κ1) is 20.8. The highest BCUT2D eigenvalue weighted by atomic mass is 16.4. The van der Waals surface area contributed by atoms with Gasteiger partial charge in [0.15, 0.2) is 0 Å². The number of nitrogens with two attached hydrogens (primary N) is 1. The number of carboxylic acids is 2. The van der Waals surface area contributed by atoms with Gasteiger partial charge in [-0.25, -0.2) is 9.59 Å². The first-order chi connectivity index (χ1) is 10.8. The molecule has 23 heavy (non-hydrogen) atoms. The van der Waals surface area contributed by atoms with E-state index in [-0.39, 0.29) is 12.8 Å². The lowest BCUT2D eigenvalue weighted by Gasteiger charge is -2.28. The fourth-order valence-electron chi connectivity index (χ4n) is 1.84. The lowest BCUT2D eigenvalue weighted by Crippen LogP contribution is -2.58. The molecule has 2 atom stereocenters.